The third-order valence-electron chi connectivity index (χ3n) is 4.32. The number of nitrogens with zero attached hydrogens (tertiary/aromatic N) is 1. The van der Waals surface area contributed by atoms with Crippen LogP contribution in [0, 0.1) is 0 Å². The van der Waals surface area contributed by atoms with Crippen molar-refractivity contribution in [1.82, 2.24) is 10.2 Å². The molecule has 8 heteroatoms. The van der Waals surface area contributed by atoms with Crippen LogP contribution in [0.3, 0.4) is 0 Å². The normalized spacial score (nSPS) is 12.8. The van der Waals surface area contributed by atoms with Gasteiger partial charge < -0.3 is 24.4 Å². The fraction of sp³-hybridized carbons (Fsp3) is 0.286. The van der Waals surface area contributed by atoms with Gasteiger partial charge in [-0.3, -0.25) is 14.4 Å². The number of nitrogens with one attached hydrogen (secondary N) is 1. The van der Waals surface area contributed by atoms with Gasteiger partial charge in [0.25, 0.3) is 11.8 Å². The number of esters is 1. The Balaban J connectivity index is 1.45. The molecule has 2 aromatic carbocycles. The predicted octanol–water partition coefficient (Wildman–Crippen LogP) is 1.74. The second kappa shape index (κ2) is 9.09. The molecule has 1 aliphatic rings. The molecule has 0 spiro atoms. The van der Waals surface area contributed by atoms with E-state index in [1.165, 1.54) is 17.9 Å². The van der Waals surface area contributed by atoms with Crippen molar-refractivity contribution in [2.24, 2.45) is 0 Å². The van der Waals surface area contributed by atoms with Crippen LogP contribution in [0.2, 0.25) is 0 Å². The Labute approximate surface area is 168 Å². The first-order valence-electron chi connectivity index (χ1n) is 9.10. The highest BCUT2D eigenvalue weighted by Gasteiger charge is 2.22. The number of ether oxygens (including phenoxy) is 3. The van der Waals surface area contributed by atoms with Gasteiger partial charge in [-0.1, -0.05) is 30.3 Å². The van der Waals surface area contributed by atoms with E-state index in [1.54, 1.807) is 19.2 Å². The lowest BCUT2D eigenvalue weighted by molar-refractivity contribution is -0.157. The van der Waals surface area contributed by atoms with Crippen LogP contribution in [-0.2, 0) is 20.9 Å². The minimum absolute atomic E-state index is 0.108. The summed E-state index contributed by atoms with van der Waals surface area (Å²) in [5, 5.41) is 2.47. The summed E-state index contributed by atoms with van der Waals surface area (Å²) in [5.41, 5.74) is 1.30. The summed E-state index contributed by atoms with van der Waals surface area (Å²) in [6.07, 6.45) is -0.960. The molecule has 2 aromatic rings. The van der Waals surface area contributed by atoms with E-state index in [2.05, 4.69) is 5.32 Å². The minimum atomic E-state index is -0.960. The molecule has 1 heterocycles. The maximum absolute atomic E-state index is 12.4. The van der Waals surface area contributed by atoms with E-state index in [0.29, 0.717) is 23.6 Å². The van der Waals surface area contributed by atoms with Crippen molar-refractivity contribution in [3.63, 3.8) is 0 Å². The first kappa shape index (κ1) is 20.2. The largest absolute Gasteiger partial charge is 0.454 e. The molecule has 0 radical (unpaired) electrons. The average molecular weight is 398 g/mol. The maximum atomic E-state index is 12.4. The zero-order valence-corrected chi connectivity index (χ0v) is 16.2. The van der Waals surface area contributed by atoms with Crippen molar-refractivity contribution < 1.29 is 28.6 Å². The fourth-order valence-electron chi connectivity index (χ4n) is 2.83. The van der Waals surface area contributed by atoms with E-state index in [1.807, 2.05) is 30.3 Å². The van der Waals surface area contributed by atoms with Crippen LogP contribution in [0.15, 0.2) is 48.5 Å². The van der Waals surface area contributed by atoms with Gasteiger partial charge in [0.15, 0.2) is 17.6 Å². The number of hydrogen-bond donors (Lipinski definition) is 1. The van der Waals surface area contributed by atoms with Crippen molar-refractivity contribution in [1.29, 1.82) is 0 Å². The molecule has 0 unspecified atom stereocenters. The molecule has 0 saturated heterocycles. The molecule has 1 N–H and O–H groups in total. The smallest absolute Gasteiger partial charge is 0.326 e. The van der Waals surface area contributed by atoms with Crippen molar-refractivity contribution >= 4 is 17.8 Å². The quantitative estimate of drug-likeness (QED) is 0.714. The summed E-state index contributed by atoms with van der Waals surface area (Å²) in [7, 11) is 1.64. The predicted molar refractivity (Wildman–Crippen MR) is 103 cm³/mol. The lowest BCUT2D eigenvalue weighted by atomic mass is 10.2. The van der Waals surface area contributed by atoms with Crippen LogP contribution >= 0.6 is 0 Å². The van der Waals surface area contributed by atoms with Gasteiger partial charge >= 0.3 is 5.97 Å². The lowest BCUT2D eigenvalue weighted by Gasteiger charge is -2.21. The molecular weight excluding hydrogens is 376 g/mol. The topological polar surface area (TPSA) is 94.2 Å². The SMILES string of the molecule is C[C@@H](OC(=O)CNC(=O)c1ccc2c(c1)OCO2)C(=O)N(C)Cc1ccccc1. The molecule has 0 aliphatic carbocycles. The Kier molecular flexibility index (Phi) is 6.33. The van der Waals surface area contributed by atoms with E-state index in [-0.39, 0.29) is 19.2 Å². The van der Waals surface area contributed by atoms with Gasteiger partial charge in [-0.15, -0.1) is 0 Å². The number of carbonyl (C=O) groups excluding carboxylic acids is 3. The number of carbonyl (C=O) groups is 3. The van der Waals surface area contributed by atoms with Gasteiger partial charge in [-0.25, -0.2) is 0 Å². The summed E-state index contributed by atoms with van der Waals surface area (Å²) in [6.45, 7) is 1.66. The molecular formula is C21H22N2O6. The van der Waals surface area contributed by atoms with Gasteiger partial charge in [0, 0.05) is 19.2 Å². The van der Waals surface area contributed by atoms with E-state index in [0.717, 1.165) is 5.56 Å². The summed E-state index contributed by atoms with van der Waals surface area (Å²) in [5.74, 6) is -0.452. The van der Waals surface area contributed by atoms with Crippen molar-refractivity contribution in [3.05, 3.63) is 59.7 Å². The third kappa shape index (κ3) is 5.25. The summed E-state index contributed by atoms with van der Waals surface area (Å²) in [6, 6.07) is 14.2. The van der Waals surface area contributed by atoms with Gasteiger partial charge in [0.05, 0.1) is 0 Å². The van der Waals surface area contributed by atoms with Crippen molar-refractivity contribution in [3.8, 4) is 11.5 Å². The minimum Gasteiger partial charge on any atom is -0.454 e. The number of likely N-dealkylation sites (N-methyl/N-ethyl adjacent to an activating group) is 1. The molecule has 1 atom stereocenters. The fourth-order valence-corrected chi connectivity index (χ4v) is 2.83. The van der Waals surface area contributed by atoms with E-state index < -0.39 is 18.0 Å². The zero-order valence-electron chi connectivity index (χ0n) is 16.2. The highest BCUT2D eigenvalue weighted by atomic mass is 16.7. The Morgan fingerprint density at radius 2 is 1.83 bits per heavy atom. The van der Waals surface area contributed by atoms with Crippen LogP contribution in [0.25, 0.3) is 0 Å². The number of amides is 2. The molecule has 1 aliphatic heterocycles. The standard InChI is InChI=1S/C21H22N2O6/c1-14(21(26)23(2)12-15-6-4-3-5-7-15)29-19(24)11-22-20(25)16-8-9-17-18(10-16)28-13-27-17/h3-10,14H,11-13H2,1-2H3,(H,22,25)/t14-/m1/s1. The number of fused-ring (bicyclic) bond motifs is 1. The van der Waals surface area contributed by atoms with E-state index >= 15 is 0 Å². The Bertz CT molecular complexity index is 899. The summed E-state index contributed by atoms with van der Waals surface area (Å²) >= 11 is 0. The van der Waals surface area contributed by atoms with Gasteiger partial charge in [0.2, 0.25) is 6.79 Å². The summed E-state index contributed by atoms with van der Waals surface area (Å²) in [4.78, 5) is 38.1. The van der Waals surface area contributed by atoms with E-state index in [4.69, 9.17) is 14.2 Å². The maximum Gasteiger partial charge on any atom is 0.326 e. The van der Waals surface area contributed by atoms with E-state index in [9.17, 15) is 14.4 Å². The van der Waals surface area contributed by atoms with Crippen molar-refractivity contribution in [2.75, 3.05) is 20.4 Å². The second-order valence-corrected chi connectivity index (χ2v) is 6.56. The van der Waals surface area contributed by atoms with Crippen LogP contribution in [-0.4, -0.2) is 49.2 Å². The van der Waals surface area contributed by atoms with Gasteiger partial charge in [-0.05, 0) is 30.7 Å². The van der Waals surface area contributed by atoms with Gasteiger partial charge in [0.1, 0.15) is 6.54 Å². The average Bonchev–Trinajstić information content (AvgIpc) is 3.20. The van der Waals surface area contributed by atoms with Crippen molar-refractivity contribution in [2.45, 2.75) is 19.6 Å². The highest BCUT2D eigenvalue weighted by molar-refractivity contribution is 5.96. The Morgan fingerprint density at radius 3 is 2.59 bits per heavy atom. The van der Waals surface area contributed by atoms with Crippen LogP contribution in [0.4, 0.5) is 0 Å². The second-order valence-electron chi connectivity index (χ2n) is 6.56. The Hall–Kier alpha value is -3.55. The lowest BCUT2D eigenvalue weighted by Crippen LogP contribution is -2.39. The van der Waals surface area contributed by atoms with Crippen LogP contribution in [0.5, 0.6) is 11.5 Å². The monoisotopic (exact) mass is 398 g/mol. The molecule has 29 heavy (non-hydrogen) atoms. The first-order valence-corrected chi connectivity index (χ1v) is 9.10. The number of hydrogen-bond acceptors (Lipinski definition) is 6. The van der Waals surface area contributed by atoms with Gasteiger partial charge in [-0.2, -0.15) is 0 Å². The molecule has 0 saturated carbocycles. The molecule has 2 amide bonds. The van der Waals surface area contributed by atoms with Crippen LogP contribution < -0.4 is 14.8 Å². The third-order valence-corrected chi connectivity index (χ3v) is 4.32. The molecule has 152 valence electrons. The molecule has 0 fully saturated rings. The summed E-state index contributed by atoms with van der Waals surface area (Å²) < 4.78 is 15.6. The first-order chi connectivity index (χ1) is 13.9. The molecule has 3 rings (SSSR count). The molecule has 8 nitrogen and oxygen atoms in total. The molecule has 0 aromatic heterocycles. The number of rotatable bonds is 7. The zero-order chi connectivity index (χ0) is 20.8. The highest BCUT2D eigenvalue weighted by Crippen LogP contribution is 2.32. The molecule has 0 bridgehead atoms. The van der Waals surface area contributed by atoms with Crippen LogP contribution in [0.1, 0.15) is 22.8 Å². The Morgan fingerprint density at radius 1 is 1.10 bits per heavy atom. The number of benzene rings is 2.